The number of carbonyl (C=O) groups is 4. The van der Waals surface area contributed by atoms with Crippen molar-refractivity contribution >= 4 is 41.7 Å². The molecule has 5 rings (SSSR count). The first-order valence-electron chi connectivity index (χ1n) is 11.8. The van der Waals surface area contributed by atoms with E-state index < -0.39 is 35.5 Å². The number of fused-ring (bicyclic) bond motifs is 1. The Morgan fingerprint density at radius 2 is 1.60 bits per heavy atom. The second-order valence-corrected chi connectivity index (χ2v) is 9.30. The van der Waals surface area contributed by atoms with Gasteiger partial charge < -0.3 is 10.2 Å². The number of hydrogen-bond acceptors (Lipinski definition) is 7. The zero-order valence-electron chi connectivity index (χ0n) is 19.3. The second-order valence-electron chi connectivity index (χ2n) is 9.30. The van der Waals surface area contributed by atoms with Crippen LogP contribution in [0.4, 0.5) is 10.1 Å². The summed E-state index contributed by atoms with van der Waals surface area (Å²) in [7, 11) is 0. The number of halogens is 2. The summed E-state index contributed by atoms with van der Waals surface area (Å²) in [5, 5.41) is 5.47. The van der Waals surface area contributed by atoms with Crippen molar-refractivity contribution in [2.75, 3.05) is 50.7 Å². The molecule has 188 valence electrons. The molecule has 1 atom stereocenters. The Kier molecular flexibility index (Phi) is 7.53. The number of anilines is 1. The van der Waals surface area contributed by atoms with Crippen molar-refractivity contribution in [2.24, 2.45) is 5.92 Å². The average molecular weight is 506 g/mol. The molecule has 1 aromatic rings. The van der Waals surface area contributed by atoms with Crippen LogP contribution in [-0.2, 0) is 9.59 Å². The second kappa shape index (κ2) is 10.4. The van der Waals surface area contributed by atoms with E-state index in [0.717, 1.165) is 55.7 Å². The number of nitrogens with one attached hydrogen (secondary N) is 2. The quantitative estimate of drug-likeness (QED) is 0.574. The van der Waals surface area contributed by atoms with Gasteiger partial charge in [-0.1, -0.05) is 0 Å². The lowest BCUT2D eigenvalue weighted by Gasteiger charge is -2.37. The highest BCUT2D eigenvalue weighted by atomic mass is 35.5. The molecule has 0 radical (unpaired) electrons. The van der Waals surface area contributed by atoms with Crippen molar-refractivity contribution in [3.05, 3.63) is 41.2 Å². The minimum atomic E-state index is -1.24. The highest BCUT2D eigenvalue weighted by Crippen LogP contribution is 2.32. The first-order valence-corrected chi connectivity index (χ1v) is 11.8. The molecule has 9 nitrogen and oxygen atoms in total. The third-order valence-electron chi connectivity index (χ3n) is 7.23. The van der Waals surface area contributed by atoms with Gasteiger partial charge in [0.05, 0.1) is 16.8 Å². The van der Waals surface area contributed by atoms with Gasteiger partial charge in [-0.2, -0.15) is 0 Å². The van der Waals surface area contributed by atoms with E-state index in [1.54, 1.807) is 0 Å². The van der Waals surface area contributed by atoms with E-state index >= 15 is 4.39 Å². The first-order chi connectivity index (χ1) is 16.4. The molecule has 4 aliphatic heterocycles. The van der Waals surface area contributed by atoms with Crippen molar-refractivity contribution in [3.63, 3.8) is 0 Å². The van der Waals surface area contributed by atoms with Gasteiger partial charge >= 0.3 is 0 Å². The lowest BCUT2D eigenvalue weighted by molar-refractivity contribution is -0.130. The van der Waals surface area contributed by atoms with Crippen LogP contribution in [0.25, 0.3) is 0 Å². The molecule has 4 aliphatic rings. The minimum Gasteiger partial charge on any atom is -0.367 e. The van der Waals surface area contributed by atoms with E-state index in [-0.39, 0.29) is 23.5 Å². The highest BCUT2D eigenvalue weighted by Gasteiger charge is 2.44. The number of carbonyl (C=O) groups excluding carboxylic acids is 4. The van der Waals surface area contributed by atoms with Crippen LogP contribution in [-0.4, -0.2) is 85.3 Å². The molecule has 35 heavy (non-hydrogen) atoms. The van der Waals surface area contributed by atoms with Crippen LogP contribution in [0.3, 0.4) is 0 Å². The number of rotatable bonds is 5. The predicted molar refractivity (Wildman–Crippen MR) is 129 cm³/mol. The largest absolute Gasteiger partial charge is 0.367 e. The molecule has 0 bridgehead atoms. The SMILES string of the molecule is Cl.O=C1C=CC(N2C(=O)c3cc(F)c(N4CCN(CCC5CCNCC5)CC4)cc3C2=O)C(=O)N1. The molecular weight excluding hydrogens is 477 g/mol. The predicted octanol–water partition coefficient (Wildman–Crippen LogP) is 0.936. The van der Waals surface area contributed by atoms with Crippen molar-refractivity contribution in [1.29, 1.82) is 0 Å². The Hall–Kier alpha value is -2.82. The molecule has 11 heteroatoms. The van der Waals surface area contributed by atoms with Gasteiger partial charge in [0.25, 0.3) is 17.7 Å². The van der Waals surface area contributed by atoms with Crippen molar-refractivity contribution < 1.29 is 23.6 Å². The molecule has 0 aliphatic carbocycles. The summed E-state index contributed by atoms with van der Waals surface area (Å²) in [4.78, 5) is 54.5. The highest BCUT2D eigenvalue weighted by molar-refractivity contribution is 6.24. The summed E-state index contributed by atoms with van der Waals surface area (Å²) in [5.74, 6) is -2.58. The summed E-state index contributed by atoms with van der Waals surface area (Å²) < 4.78 is 15.0. The fraction of sp³-hybridized carbons (Fsp3) is 0.500. The van der Waals surface area contributed by atoms with Crippen LogP contribution < -0.4 is 15.5 Å². The van der Waals surface area contributed by atoms with Gasteiger partial charge in [-0.3, -0.25) is 34.3 Å². The van der Waals surface area contributed by atoms with E-state index in [4.69, 9.17) is 0 Å². The molecule has 0 aromatic heterocycles. The molecule has 2 saturated heterocycles. The van der Waals surface area contributed by atoms with Gasteiger partial charge in [-0.05, 0) is 63.0 Å². The molecule has 4 heterocycles. The van der Waals surface area contributed by atoms with Gasteiger partial charge in [0, 0.05) is 32.3 Å². The zero-order chi connectivity index (χ0) is 23.8. The van der Waals surface area contributed by atoms with Crippen LogP contribution in [0.1, 0.15) is 40.0 Å². The Balaban J connectivity index is 0.00000289. The van der Waals surface area contributed by atoms with E-state index in [1.807, 2.05) is 4.90 Å². The standard InChI is InChI=1S/C24H28FN5O4.ClH/c25-18-13-16-17(24(34)30(23(16)33)19-1-2-21(31)27-22(19)32)14-20(18)29-11-9-28(10-12-29)8-5-15-3-6-26-7-4-15;/h1-2,13-15,19,26H,3-12H2,(H,27,31,32);1H. The van der Waals surface area contributed by atoms with E-state index in [1.165, 1.54) is 31.4 Å². The summed E-state index contributed by atoms with van der Waals surface area (Å²) in [6, 6.07) is 1.27. The zero-order valence-corrected chi connectivity index (χ0v) is 20.1. The van der Waals surface area contributed by atoms with E-state index in [0.29, 0.717) is 18.8 Å². The van der Waals surface area contributed by atoms with Crippen LogP contribution in [0.2, 0.25) is 0 Å². The maximum atomic E-state index is 15.0. The molecule has 1 aromatic carbocycles. The maximum Gasteiger partial charge on any atom is 0.262 e. The summed E-state index contributed by atoms with van der Waals surface area (Å²) >= 11 is 0. The van der Waals surface area contributed by atoms with Gasteiger partial charge in [0.2, 0.25) is 5.91 Å². The molecule has 0 saturated carbocycles. The number of piperazine rings is 1. The van der Waals surface area contributed by atoms with Crippen molar-refractivity contribution in [1.82, 2.24) is 20.4 Å². The third-order valence-corrected chi connectivity index (χ3v) is 7.23. The lowest BCUT2D eigenvalue weighted by Crippen LogP contribution is -2.51. The monoisotopic (exact) mass is 505 g/mol. The van der Waals surface area contributed by atoms with E-state index in [2.05, 4.69) is 15.5 Å². The summed E-state index contributed by atoms with van der Waals surface area (Å²) in [6.07, 6.45) is 5.93. The summed E-state index contributed by atoms with van der Waals surface area (Å²) in [6.45, 7) is 6.09. The van der Waals surface area contributed by atoms with Crippen LogP contribution >= 0.6 is 12.4 Å². The van der Waals surface area contributed by atoms with Gasteiger partial charge in [-0.15, -0.1) is 12.4 Å². The smallest absolute Gasteiger partial charge is 0.262 e. The van der Waals surface area contributed by atoms with Crippen molar-refractivity contribution in [2.45, 2.75) is 25.3 Å². The Bertz CT molecular complexity index is 1070. The molecule has 1 unspecified atom stereocenters. The first kappa shape index (κ1) is 25.3. The van der Waals surface area contributed by atoms with Crippen LogP contribution in [0.15, 0.2) is 24.3 Å². The number of hydrogen-bond donors (Lipinski definition) is 2. The molecular formula is C24H29ClFN5O4. The number of imide groups is 2. The molecule has 0 spiro atoms. The topological polar surface area (TPSA) is 102 Å². The minimum absolute atomic E-state index is 0. The fourth-order valence-corrected chi connectivity index (χ4v) is 5.22. The Morgan fingerprint density at radius 3 is 2.26 bits per heavy atom. The van der Waals surface area contributed by atoms with Crippen LogP contribution in [0, 0.1) is 11.7 Å². The number of benzene rings is 1. The lowest BCUT2D eigenvalue weighted by atomic mass is 9.94. The van der Waals surface area contributed by atoms with E-state index in [9.17, 15) is 19.2 Å². The molecule has 2 fully saturated rings. The number of amides is 4. The number of piperidine rings is 1. The Labute approximate surface area is 209 Å². The average Bonchev–Trinajstić information content (AvgIpc) is 3.07. The Morgan fingerprint density at radius 1 is 0.943 bits per heavy atom. The van der Waals surface area contributed by atoms with Gasteiger partial charge in [-0.25, -0.2) is 4.39 Å². The van der Waals surface area contributed by atoms with Gasteiger partial charge in [0.15, 0.2) is 0 Å². The fourth-order valence-electron chi connectivity index (χ4n) is 5.22. The molecule has 2 N–H and O–H groups in total. The van der Waals surface area contributed by atoms with Crippen LogP contribution in [0.5, 0.6) is 0 Å². The normalized spacial score (nSPS) is 23.4. The van der Waals surface area contributed by atoms with Gasteiger partial charge in [0.1, 0.15) is 11.9 Å². The molecule has 4 amide bonds. The summed E-state index contributed by atoms with van der Waals surface area (Å²) in [5.41, 5.74) is 0.302. The number of nitrogens with zero attached hydrogens (tertiary/aromatic N) is 3. The van der Waals surface area contributed by atoms with Crippen molar-refractivity contribution in [3.8, 4) is 0 Å². The third kappa shape index (κ3) is 4.96. The maximum absolute atomic E-state index is 15.0.